The van der Waals surface area contributed by atoms with E-state index in [1.54, 1.807) is 54.3 Å². The minimum atomic E-state index is -0.517. The highest BCUT2D eigenvalue weighted by Gasteiger charge is 2.33. The molecule has 4 rings (SSSR count). The number of thiocarbonyl (C=S) groups is 1. The fraction of sp³-hybridized carbons (Fsp3) is 0.320. The van der Waals surface area contributed by atoms with E-state index in [1.165, 1.54) is 17.0 Å². The van der Waals surface area contributed by atoms with Crippen LogP contribution >= 0.6 is 12.2 Å². The Kier molecular flexibility index (Phi) is 7.50. The Bertz CT molecular complexity index is 1150. The lowest BCUT2D eigenvalue weighted by molar-refractivity contribution is -0.126. The number of ether oxygens (including phenoxy) is 1. The van der Waals surface area contributed by atoms with Crippen molar-refractivity contribution in [3.05, 3.63) is 59.9 Å². The number of aromatic hydroxyl groups is 1. The molecule has 2 N–H and O–H groups in total. The Morgan fingerprint density at radius 3 is 2.69 bits per heavy atom. The highest BCUT2D eigenvalue weighted by atomic mass is 32.1. The van der Waals surface area contributed by atoms with E-state index in [4.69, 9.17) is 17.0 Å². The minimum Gasteiger partial charge on any atom is -0.508 e. The zero-order valence-corrected chi connectivity index (χ0v) is 20.1. The third-order valence-electron chi connectivity index (χ3n) is 5.92. The van der Waals surface area contributed by atoms with Crippen LogP contribution < -0.4 is 15.1 Å². The monoisotopic (exact) mass is 498 g/mol. The van der Waals surface area contributed by atoms with Gasteiger partial charge in [-0.1, -0.05) is 24.4 Å². The molecule has 1 atom stereocenters. The van der Waals surface area contributed by atoms with Crippen molar-refractivity contribution in [2.75, 3.05) is 49.1 Å². The Balaban J connectivity index is 1.33. The number of phenolic OH excluding ortho intramolecular Hbond substituents is 1. The summed E-state index contributed by atoms with van der Waals surface area (Å²) in [7, 11) is 0. The first-order valence-corrected chi connectivity index (χ1v) is 11.7. The van der Waals surface area contributed by atoms with Gasteiger partial charge in [0, 0.05) is 32.3 Å². The van der Waals surface area contributed by atoms with E-state index in [2.05, 4.69) is 5.32 Å². The standard InChI is InChI=1S/C25H27FN4O4S/c1-17(35)27-15-21-16-30(25(33)34-21)19-6-7-23(22(26)14-19)28-9-11-29(12-10-28)24(32)8-5-18-3-2-4-20(31)13-18/h2-8,13-14,21,31H,9-12,15-16H2,1H3,(H,27,35)/b8-5+/t21-/m0/s1. The molecule has 0 bridgehead atoms. The van der Waals surface area contributed by atoms with Gasteiger partial charge in [0.25, 0.3) is 0 Å². The molecule has 2 saturated heterocycles. The first-order valence-electron chi connectivity index (χ1n) is 11.3. The van der Waals surface area contributed by atoms with Gasteiger partial charge < -0.3 is 25.0 Å². The van der Waals surface area contributed by atoms with Gasteiger partial charge in [-0.15, -0.1) is 0 Å². The molecule has 0 unspecified atom stereocenters. The normalized spacial score (nSPS) is 18.2. The number of carbonyl (C=O) groups excluding carboxylic acids is 2. The van der Waals surface area contributed by atoms with Crippen LogP contribution in [0, 0.1) is 5.82 Å². The van der Waals surface area contributed by atoms with Crippen LogP contribution in [0.15, 0.2) is 48.5 Å². The largest absolute Gasteiger partial charge is 0.508 e. The molecule has 2 aromatic rings. The third kappa shape index (κ3) is 6.07. The number of benzene rings is 2. The first kappa shape index (κ1) is 24.5. The second-order valence-electron chi connectivity index (χ2n) is 8.43. The number of phenols is 1. The Labute approximate surface area is 208 Å². The number of nitrogens with zero attached hydrogens (tertiary/aromatic N) is 3. The van der Waals surface area contributed by atoms with Crippen molar-refractivity contribution in [1.82, 2.24) is 10.2 Å². The molecule has 0 radical (unpaired) electrons. The highest BCUT2D eigenvalue weighted by Crippen LogP contribution is 2.28. The maximum atomic E-state index is 15.0. The predicted molar refractivity (Wildman–Crippen MR) is 136 cm³/mol. The summed E-state index contributed by atoms with van der Waals surface area (Å²) < 4.78 is 20.3. The van der Waals surface area contributed by atoms with Crippen LogP contribution in [0.1, 0.15) is 12.5 Å². The summed E-state index contributed by atoms with van der Waals surface area (Å²) in [5.41, 5.74) is 1.60. The lowest BCUT2D eigenvalue weighted by Crippen LogP contribution is -2.48. The molecule has 0 spiro atoms. The molecule has 2 fully saturated rings. The van der Waals surface area contributed by atoms with E-state index in [0.717, 1.165) is 5.56 Å². The first-order chi connectivity index (χ1) is 16.8. The SMILES string of the molecule is CC(=S)NC[C@H]1CN(c2ccc(N3CCN(C(=O)/C=C/c4cccc(O)c4)CC3)c(F)c2)C(=O)O1. The van der Waals surface area contributed by atoms with Crippen LogP contribution in [-0.2, 0) is 9.53 Å². The predicted octanol–water partition coefficient (Wildman–Crippen LogP) is 3.16. The molecule has 2 heterocycles. The average Bonchev–Trinajstić information content (AvgIpc) is 3.22. The maximum absolute atomic E-state index is 15.0. The minimum absolute atomic E-state index is 0.135. The van der Waals surface area contributed by atoms with Gasteiger partial charge in [-0.05, 0) is 48.9 Å². The number of nitrogens with one attached hydrogen (secondary N) is 1. The fourth-order valence-electron chi connectivity index (χ4n) is 4.09. The van der Waals surface area contributed by atoms with Gasteiger partial charge >= 0.3 is 6.09 Å². The van der Waals surface area contributed by atoms with Gasteiger partial charge in [0.1, 0.15) is 17.7 Å². The molecule has 2 aliphatic rings. The number of anilines is 2. The van der Waals surface area contributed by atoms with Crippen molar-refractivity contribution in [3.8, 4) is 5.75 Å². The maximum Gasteiger partial charge on any atom is 0.414 e. The van der Waals surface area contributed by atoms with Gasteiger partial charge in [-0.25, -0.2) is 9.18 Å². The molecule has 0 saturated carbocycles. The highest BCUT2D eigenvalue weighted by molar-refractivity contribution is 7.80. The van der Waals surface area contributed by atoms with E-state index >= 15 is 4.39 Å². The summed E-state index contributed by atoms with van der Waals surface area (Å²) in [5.74, 6) is -0.430. The zero-order valence-electron chi connectivity index (χ0n) is 19.3. The average molecular weight is 499 g/mol. The summed E-state index contributed by atoms with van der Waals surface area (Å²) >= 11 is 4.98. The third-order valence-corrected chi connectivity index (χ3v) is 6.06. The lowest BCUT2D eigenvalue weighted by atomic mass is 10.2. The summed E-state index contributed by atoms with van der Waals surface area (Å²) in [5, 5.41) is 12.5. The van der Waals surface area contributed by atoms with E-state index in [1.807, 2.05) is 4.90 Å². The van der Waals surface area contributed by atoms with E-state index in [-0.39, 0.29) is 17.8 Å². The van der Waals surface area contributed by atoms with Crippen LogP contribution in [0.3, 0.4) is 0 Å². The fourth-order valence-corrected chi connectivity index (χ4v) is 4.17. The van der Waals surface area contributed by atoms with E-state index in [9.17, 15) is 14.7 Å². The van der Waals surface area contributed by atoms with Gasteiger partial charge in [-0.2, -0.15) is 0 Å². The van der Waals surface area contributed by atoms with Crippen molar-refractivity contribution in [1.29, 1.82) is 0 Å². The topological polar surface area (TPSA) is 85.4 Å². The van der Waals surface area contributed by atoms with Gasteiger partial charge in [0.15, 0.2) is 0 Å². The van der Waals surface area contributed by atoms with Crippen LogP contribution in [0.5, 0.6) is 5.75 Å². The number of carbonyl (C=O) groups is 2. The van der Waals surface area contributed by atoms with Crippen molar-refractivity contribution in [3.63, 3.8) is 0 Å². The molecule has 2 amide bonds. The number of piperazine rings is 1. The molecule has 2 aromatic carbocycles. The molecule has 0 aliphatic carbocycles. The van der Waals surface area contributed by atoms with Crippen LogP contribution in [0.4, 0.5) is 20.6 Å². The quantitative estimate of drug-likeness (QED) is 0.468. The number of hydrogen-bond donors (Lipinski definition) is 2. The van der Waals surface area contributed by atoms with Gasteiger partial charge in [-0.3, -0.25) is 9.69 Å². The van der Waals surface area contributed by atoms with Gasteiger partial charge in [0.05, 0.1) is 29.5 Å². The molecule has 2 aliphatic heterocycles. The van der Waals surface area contributed by atoms with E-state index in [0.29, 0.717) is 55.6 Å². The molecular weight excluding hydrogens is 471 g/mol. The van der Waals surface area contributed by atoms with Crippen LogP contribution in [0.25, 0.3) is 6.08 Å². The van der Waals surface area contributed by atoms with Crippen molar-refractivity contribution >= 4 is 46.7 Å². The molecule has 10 heteroatoms. The molecule has 35 heavy (non-hydrogen) atoms. The summed E-state index contributed by atoms with van der Waals surface area (Å²) in [6.07, 6.45) is 2.26. The molecule has 0 aromatic heterocycles. The summed E-state index contributed by atoms with van der Waals surface area (Å²) in [6.45, 7) is 4.35. The van der Waals surface area contributed by atoms with Crippen molar-refractivity contribution < 1.29 is 23.8 Å². The number of rotatable bonds is 6. The second kappa shape index (κ2) is 10.7. The number of hydrogen-bond acceptors (Lipinski definition) is 6. The zero-order chi connectivity index (χ0) is 24.9. The van der Waals surface area contributed by atoms with Crippen LogP contribution in [0.2, 0.25) is 0 Å². The van der Waals surface area contributed by atoms with Crippen molar-refractivity contribution in [2.45, 2.75) is 13.0 Å². The number of amides is 2. The summed E-state index contributed by atoms with van der Waals surface area (Å²) in [4.78, 5) is 30.4. The van der Waals surface area contributed by atoms with Crippen LogP contribution in [-0.4, -0.2) is 72.4 Å². The summed E-state index contributed by atoms with van der Waals surface area (Å²) in [6, 6.07) is 11.4. The smallest absolute Gasteiger partial charge is 0.414 e. The lowest BCUT2D eigenvalue weighted by Gasteiger charge is -2.36. The molecule has 8 nitrogen and oxygen atoms in total. The number of cyclic esters (lactones) is 1. The Hall–Kier alpha value is -3.66. The van der Waals surface area contributed by atoms with E-state index < -0.39 is 11.9 Å². The second-order valence-corrected chi connectivity index (χ2v) is 9.04. The number of halogens is 1. The molecular formula is C25H27FN4O4S. The Morgan fingerprint density at radius 1 is 1.23 bits per heavy atom. The Morgan fingerprint density at radius 2 is 2.00 bits per heavy atom. The van der Waals surface area contributed by atoms with Gasteiger partial charge in [0.2, 0.25) is 5.91 Å². The van der Waals surface area contributed by atoms with Crippen molar-refractivity contribution in [2.24, 2.45) is 0 Å². The molecule has 184 valence electrons.